The normalized spacial score (nSPS) is 15.7. The minimum atomic E-state index is -2.62. The van der Waals surface area contributed by atoms with Gasteiger partial charge in [-0.15, -0.1) is 0 Å². The van der Waals surface area contributed by atoms with Gasteiger partial charge in [-0.25, -0.2) is 18.0 Å². The van der Waals surface area contributed by atoms with Gasteiger partial charge in [0.05, 0.1) is 30.9 Å². The molecule has 1 aliphatic heterocycles. The summed E-state index contributed by atoms with van der Waals surface area (Å²) in [5, 5.41) is 18.5. The lowest BCUT2D eigenvalue weighted by Crippen LogP contribution is -2.35. The molecule has 2 N–H and O–H groups in total. The van der Waals surface area contributed by atoms with Crippen LogP contribution in [0.1, 0.15) is 57.6 Å². The van der Waals surface area contributed by atoms with Crippen molar-refractivity contribution in [2.24, 2.45) is 0 Å². The summed E-state index contributed by atoms with van der Waals surface area (Å²) >= 11 is 0. The quantitative estimate of drug-likeness (QED) is 0.329. The van der Waals surface area contributed by atoms with E-state index in [1.54, 1.807) is 43.0 Å². The van der Waals surface area contributed by atoms with E-state index in [1.807, 2.05) is 57.2 Å². The molecule has 3 aromatic carbocycles. The smallest absolute Gasteiger partial charge is 0.335 e. The lowest BCUT2D eigenvalue weighted by molar-refractivity contribution is -0.0228. The predicted molar refractivity (Wildman–Crippen MR) is 152 cm³/mol. The second-order valence-corrected chi connectivity index (χ2v) is 10.2. The number of carboxylic acid groups (broad SMARTS) is 1. The van der Waals surface area contributed by atoms with Crippen LogP contribution in [0, 0.1) is 33.5 Å². The molecule has 40 heavy (non-hydrogen) atoms. The van der Waals surface area contributed by atoms with Gasteiger partial charge < -0.3 is 14.9 Å². The molecule has 4 rings (SSSR count). The number of aliphatic hydroxyl groups is 1. The molecule has 1 fully saturated rings. The Morgan fingerprint density at radius 2 is 1.60 bits per heavy atom. The zero-order valence-corrected chi connectivity index (χ0v) is 23.8. The number of hydrogen-bond acceptors (Lipinski definition) is 4. The minimum Gasteiger partial charge on any atom is -0.478 e. The van der Waals surface area contributed by atoms with Gasteiger partial charge in [0.15, 0.2) is 0 Å². The fraction of sp³-hybridized carbons (Fsp3) is 0.406. The third-order valence-corrected chi connectivity index (χ3v) is 6.59. The van der Waals surface area contributed by atoms with Crippen molar-refractivity contribution in [3.05, 3.63) is 106 Å². The number of aliphatic hydroxyl groups excluding tert-OH is 1. The number of rotatable bonds is 7. The molecule has 1 saturated heterocycles. The Morgan fingerprint density at radius 3 is 2.10 bits per heavy atom. The van der Waals surface area contributed by atoms with Gasteiger partial charge in [-0.05, 0) is 74.6 Å². The summed E-state index contributed by atoms with van der Waals surface area (Å²) in [5.74, 6) is -3.59. The number of nitrogens with zero attached hydrogens (tertiary/aromatic N) is 1. The first-order valence-corrected chi connectivity index (χ1v) is 13.3. The number of benzene rings is 3. The van der Waals surface area contributed by atoms with Crippen molar-refractivity contribution in [3.8, 4) is 0 Å². The maximum Gasteiger partial charge on any atom is 0.335 e. The molecule has 0 amide bonds. The number of carboxylic acids is 1. The maximum atomic E-state index is 13.1. The molecule has 1 heterocycles. The van der Waals surface area contributed by atoms with Crippen molar-refractivity contribution in [1.29, 1.82) is 0 Å². The summed E-state index contributed by atoms with van der Waals surface area (Å²) in [6.07, 6.45) is -0.994. The summed E-state index contributed by atoms with van der Waals surface area (Å²) in [6, 6.07) is 20.1. The molecule has 0 radical (unpaired) electrons. The van der Waals surface area contributed by atoms with E-state index in [2.05, 4.69) is 0 Å². The van der Waals surface area contributed by atoms with E-state index in [-0.39, 0.29) is 38.0 Å². The highest BCUT2D eigenvalue weighted by Gasteiger charge is 2.38. The van der Waals surface area contributed by atoms with E-state index in [9.17, 15) is 23.1 Å². The third kappa shape index (κ3) is 11.1. The van der Waals surface area contributed by atoms with Crippen LogP contribution >= 0.6 is 0 Å². The zero-order chi connectivity index (χ0) is 29.9. The molecule has 2 atom stereocenters. The minimum absolute atomic E-state index is 0.116. The standard InChI is InChI=1S/C16H23F2NO2.C8H9F.C8H8O2/c1-12-5-3-4-6-15(12)13(2)21-10-14(20)9-19-8-7-16(17,18)11-19;1-6-3-4-7(2)8(9)5-6;1-6-4-2-3-5-7(6)8(9)10/h3-6,13-14,20H,7-11H2,1-2H3;3-5H,1-2H3;2-5H,1H3,(H,9,10). The highest BCUT2D eigenvalue weighted by atomic mass is 19.3. The number of hydrogen-bond donors (Lipinski definition) is 2. The van der Waals surface area contributed by atoms with Crippen LogP contribution in [0.5, 0.6) is 0 Å². The SMILES string of the molecule is Cc1ccc(C)c(F)c1.Cc1ccccc1C(=O)O.Cc1ccccc1C(C)OCC(O)CN1CCC(F)(F)C1. The van der Waals surface area contributed by atoms with E-state index < -0.39 is 18.0 Å². The number of aromatic carboxylic acids is 1. The van der Waals surface area contributed by atoms with Crippen molar-refractivity contribution < 1.29 is 32.9 Å². The van der Waals surface area contributed by atoms with Gasteiger partial charge in [0, 0.05) is 19.5 Å². The van der Waals surface area contributed by atoms with Gasteiger partial charge >= 0.3 is 5.97 Å². The van der Waals surface area contributed by atoms with Crippen molar-refractivity contribution in [2.45, 2.75) is 59.2 Å². The van der Waals surface area contributed by atoms with Crippen LogP contribution in [-0.4, -0.2) is 59.3 Å². The van der Waals surface area contributed by atoms with Gasteiger partial charge in [0.25, 0.3) is 5.92 Å². The van der Waals surface area contributed by atoms with Gasteiger partial charge in [0.1, 0.15) is 5.82 Å². The first-order valence-electron chi connectivity index (χ1n) is 13.3. The number of ether oxygens (including phenoxy) is 1. The number of carbonyl (C=O) groups is 1. The summed E-state index contributed by atoms with van der Waals surface area (Å²) in [6.45, 7) is 9.81. The molecule has 1 aliphatic rings. The van der Waals surface area contributed by atoms with E-state index >= 15 is 0 Å². The average Bonchev–Trinajstić information content (AvgIpc) is 3.24. The lowest BCUT2D eigenvalue weighted by Gasteiger charge is -2.22. The van der Waals surface area contributed by atoms with Crippen LogP contribution in [0.3, 0.4) is 0 Å². The molecule has 218 valence electrons. The van der Waals surface area contributed by atoms with Crippen LogP contribution in [-0.2, 0) is 4.74 Å². The molecular formula is C32H40F3NO4. The first kappa shape index (κ1) is 33.0. The molecule has 0 aromatic heterocycles. The van der Waals surface area contributed by atoms with Crippen molar-refractivity contribution in [3.63, 3.8) is 0 Å². The number of aryl methyl sites for hydroxylation is 4. The van der Waals surface area contributed by atoms with E-state index in [1.165, 1.54) is 6.07 Å². The van der Waals surface area contributed by atoms with Crippen LogP contribution in [0.4, 0.5) is 13.2 Å². The summed E-state index contributed by atoms with van der Waals surface area (Å²) < 4.78 is 44.4. The Balaban J connectivity index is 0.000000243. The molecule has 8 heteroatoms. The molecular weight excluding hydrogens is 519 g/mol. The van der Waals surface area contributed by atoms with Gasteiger partial charge in [0.2, 0.25) is 0 Å². The summed E-state index contributed by atoms with van der Waals surface area (Å²) in [5.41, 5.74) is 5.08. The largest absolute Gasteiger partial charge is 0.478 e. The van der Waals surface area contributed by atoms with Gasteiger partial charge in [-0.1, -0.05) is 54.6 Å². The number of likely N-dealkylation sites (tertiary alicyclic amines) is 1. The van der Waals surface area contributed by atoms with Crippen LogP contribution < -0.4 is 0 Å². The maximum absolute atomic E-state index is 13.1. The van der Waals surface area contributed by atoms with Crippen molar-refractivity contribution >= 4 is 5.97 Å². The van der Waals surface area contributed by atoms with E-state index in [0.717, 1.165) is 22.3 Å². The van der Waals surface area contributed by atoms with E-state index in [4.69, 9.17) is 9.84 Å². The van der Waals surface area contributed by atoms with Crippen LogP contribution in [0.15, 0.2) is 66.7 Å². The third-order valence-electron chi connectivity index (χ3n) is 6.59. The Morgan fingerprint density at radius 1 is 0.975 bits per heavy atom. The molecule has 3 aromatic rings. The highest BCUT2D eigenvalue weighted by molar-refractivity contribution is 5.89. The second-order valence-electron chi connectivity index (χ2n) is 10.2. The zero-order valence-electron chi connectivity index (χ0n) is 23.8. The molecule has 0 aliphatic carbocycles. The first-order chi connectivity index (χ1) is 18.8. The molecule has 2 unspecified atom stereocenters. The Kier molecular flexibility index (Phi) is 12.8. The Bertz CT molecular complexity index is 1230. The number of alkyl halides is 2. The number of β-amino-alcohol motifs (C(OH)–C–C–N with tert-alkyl or cyclic N) is 1. The van der Waals surface area contributed by atoms with Crippen molar-refractivity contribution in [1.82, 2.24) is 4.90 Å². The van der Waals surface area contributed by atoms with Crippen LogP contribution in [0.2, 0.25) is 0 Å². The van der Waals surface area contributed by atoms with Gasteiger partial charge in [-0.2, -0.15) is 0 Å². The fourth-order valence-electron chi connectivity index (χ4n) is 4.21. The highest BCUT2D eigenvalue weighted by Crippen LogP contribution is 2.27. The average molecular weight is 560 g/mol. The molecule has 0 spiro atoms. The predicted octanol–water partition coefficient (Wildman–Crippen LogP) is 6.91. The van der Waals surface area contributed by atoms with Gasteiger partial charge in [-0.3, -0.25) is 4.90 Å². The van der Waals surface area contributed by atoms with Crippen LogP contribution in [0.25, 0.3) is 0 Å². The number of halogens is 3. The lowest BCUT2D eigenvalue weighted by atomic mass is 10.0. The fourth-order valence-corrected chi connectivity index (χ4v) is 4.21. The van der Waals surface area contributed by atoms with E-state index in [0.29, 0.717) is 17.7 Å². The summed E-state index contributed by atoms with van der Waals surface area (Å²) in [4.78, 5) is 12.0. The monoisotopic (exact) mass is 559 g/mol. The topological polar surface area (TPSA) is 70.0 Å². The molecule has 5 nitrogen and oxygen atoms in total. The Hall–Kier alpha value is -3.20. The Labute approximate surface area is 235 Å². The summed E-state index contributed by atoms with van der Waals surface area (Å²) in [7, 11) is 0. The molecule has 0 saturated carbocycles. The van der Waals surface area contributed by atoms with Crippen molar-refractivity contribution in [2.75, 3.05) is 26.2 Å². The second kappa shape index (κ2) is 15.6. The molecule has 0 bridgehead atoms.